The number of aryl methyl sites for hydroxylation is 2. The standard InChI is InChI=1S/C11H11ClN2/c1-6-5-9(13)7(2)10-8(12)3-4-14-11(6)10/h3-5H,13H2,1-2H3. The third-order valence-corrected chi connectivity index (χ3v) is 2.77. The van der Waals surface area contributed by atoms with Crippen LogP contribution in [0.3, 0.4) is 0 Å². The van der Waals surface area contributed by atoms with E-state index in [0.29, 0.717) is 5.02 Å². The fourth-order valence-electron chi connectivity index (χ4n) is 1.65. The molecule has 0 radical (unpaired) electrons. The summed E-state index contributed by atoms with van der Waals surface area (Å²) >= 11 is 6.11. The summed E-state index contributed by atoms with van der Waals surface area (Å²) in [7, 11) is 0. The van der Waals surface area contributed by atoms with Crippen LogP contribution in [0.15, 0.2) is 18.3 Å². The number of benzene rings is 1. The Morgan fingerprint density at radius 2 is 2.07 bits per heavy atom. The van der Waals surface area contributed by atoms with Crippen LogP contribution in [0.1, 0.15) is 11.1 Å². The molecule has 1 heterocycles. The molecule has 0 bridgehead atoms. The minimum atomic E-state index is 0.711. The Morgan fingerprint density at radius 1 is 1.36 bits per heavy atom. The molecule has 0 unspecified atom stereocenters. The third kappa shape index (κ3) is 1.23. The Kier molecular flexibility index (Phi) is 2.08. The second kappa shape index (κ2) is 3.14. The van der Waals surface area contributed by atoms with E-state index in [2.05, 4.69) is 4.98 Å². The van der Waals surface area contributed by atoms with Crippen molar-refractivity contribution in [3.05, 3.63) is 34.5 Å². The minimum Gasteiger partial charge on any atom is -0.398 e. The van der Waals surface area contributed by atoms with Gasteiger partial charge in [0, 0.05) is 17.3 Å². The third-order valence-electron chi connectivity index (χ3n) is 2.45. The first kappa shape index (κ1) is 9.28. The number of hydrogen-bond acceptors (Lipinski definition) is 2. The summed E-state index contributed by atoms with van der Waals surface area (Å²) in [5.41, 5.74) is 9.64. The van der Waals surface area contributed by atoms with Gasteiger partial charge in [0.2, 0.25) is 0 Å². The summed E-state index contributed by atoms with van der Waals surface area (Å²) in [5.74, 6) is 0. The number of nitrogens with zero attached hydrogens (tertiary/aromatic N) is 1. The van der Waals surface area contributed by atoms with Crippen molar-refractivity contribution in [2.75, 3.05) is 5.73 Å². The summed E-state index contributed by atoms with van der Waals surface area (Å²) < 4.78 is 0. The maximum Gasteiger partial charge on any atom is 0.0750 e. The maximum atomic E-state index is 6.11. The number of nitrogen functional groups attached to an aromatic ring is 1. The molecule has 1 aromatic carbocycles. The molecule has 0 fully saturated rings. The summed E-state index contributed by atoms with van der Waals surface area (Å²) in [6.45, 7) is 3.95. The first-order valence-electron chi connectivity index (χ1n) is 4.41. The highest BCUT2D eigenvalue weighted by Gasteiger charge is 2.08. The molecule has 0 amide bonds. The van der Waals surface area contributed by atoms with Gasteiger partial charge in [-0.25, -0.2) is 0 Å². The molecular weight excluding hydrogens is 196 g/mol. The van der Waals surface area contributed by atoms with Gasteiger partial charge in [0.05, 0.1) is 10.5 Å². The smallest absolute Gasteiger partial charge is 0.0750 e. The quantitative estimate of drug-likeness (QED) is 0.673. The molecule has 3 heteroatoms. The molecule has 14 heavy (non-hydrogen) atoms. The van der Waals surface area contributed by atoms with Crippen molar-refractivity contribution < 1.29 is 0 Å². The van der Waals surface area contributed by atoms with E-state index in [4.69, 9.17) is 17.3 Å². The number of halogens is 1. The first-order valence-corrected chi connectivity index (χ1v) is 4.79. The average Bonchev–Trinajstić information content (AvgIpc) is 2.14. The van der Waals surface area contributed by atoms with Crippen molar-refractivity contribution in [2.24, 2.45) is 0 Å². The Hall–Kier alpha value is -1.28. The Bertz CT molecular complexity index is 506. The second-order valence-electron chi connectivity index (χ2n) is 3.42. The zero-order valence-electron chi connectivity index (χ0n) is 8.13. The SMILES string of the molecule is Cc1cc(N)c(C)c2c(Cl)ccnc12. The van der Waals surface area contributed by atoms with Crippen LogP contribution in [0.2, 0.25) is 5.02 Å². The molecule has 0 aliphatic carbocycles. The molecule has 0 saturated heterocycles. The van der Waals surface area contributed by atoms with E-state index in [9.17, 15) is 0 Å². The topological polar surface area (TPSA) is 38.9 Å². The highest BCUT2D eigenvalue weighted by atomic mass is 35.5. The van der Waals surface area contributed by atoms with Crippen LogP contribution in [0.4, 0.5) is 5.69 Å². The Labute approximate surface area is 87.7 Å². The molecule has 0 atom stereocenters. The van der Waals surface area contributed by atoms with E-state index >= 15 is 0 Å². The van der Waals surface area contributed by atoms with Crippen LogP contribution in [-0.4, -0.2) is 4.98 Å². The molecule has 0 saturated carbocycles. The normalized spacial score (nSPS) is 10.8. The highest BCUT2D eigenvalue weighted by Crippen LogP contribution is 2.30. The predicted molar refractivity (Wildman–Crippen MR) is 60.6 cm³/mol. The molecule has 2 aromatic rings. The fourth-order valence-corrected chi connectivity index (χ4v) is 1.94. The van der Waals surface area contributed by atoms with Crippen molar-refractivity contribution in [2.45, 2.75) is 13.8 Å². The van der Waals surface area contributed by atoms with Crippen LogP contribution >= 0.6 is 11.6 Å². The summed E-state index contributed by atoms with van der Waals surface area (Å²) in [5, 5.41) is 1.68. The summed E-state index contributed by atoms with van der Waals surface area (Å²) in [4.78, 5) is 4.30. The lowest BCUT2D eigenvalue weighted by molar-refractivity contribution is 1.35. The van der Waals surface area contributed by atoms with Gasteiger partial charge in [-0.05, 0) is 37.1 Å². The van der Waals surface area contributed by atoms with Crippen molar-refractivity contribution >= 4 is 28.2 Å². The second-order valence-corrected chi connectivity index (χ2v) is 3.83. The van der Waals surface area contributed by atoms with Crippen molar-refractivity contribution in [3.63, 3.8) is 0 Å². The molecule has 2 nitrogen and oxygen atoms in total. The molecule has 0 aliphatic heterocycles. The minimum absolute atomic E-state index is 0.711. The summed E-state index contributed by atoms with van der Waals surface area (Å²) in [6.07, 6.45) is 1.72. The van der Waals surface area contributed by atoms with E-state index in [0.717, 1.165) is 27.7 Å². The van der Waals surface area contributed by atoms with Crippen molar-refractivity contribution in [1.82, 2.24) is 4.98 Å². The number of rotatable bonds is 0. The van der Waals surface area contributed by atoms with Gasteiger partial charge in [0.25, 0.3) is 0 Å². The maximum absolute atomic E-state index is 6.11. The molecule has 0 spiro atoms. The Balaban J connectivity index is 3.03. The van der Waals surface area contributed by atoms with Gasteiger partial charge >= 0.3 is 0 Å². The molecular formula is C11H11ClN2. The monoisotopic (exact) mass is 206 g/mol. The molecule has 2 N–H and O–H groups in total. The number of nitrogens with two attached hydrogens (primary N) is 1. The van der Waals surface area contributed by atoms with Crippen LogP contribution in [0, 0.1) is 13.8 Å². The largest absolute Gasteiger partial charge is 0.398 e. The zero-order valence-corrected chi connectivity index (χ0v) is 8.89. The predicted octanol–water partition coefficient (Wildman–Crippen LogP) is 3.09. The number of hydrogen-bond donors (Lipinski definition) is 1. The van der Waals surface area contributed by atoms with Gasteiger partial charge < -0.3 is 5.73 Å². The van der Waals surface area contributed by atoms with E-state index in [-0.39, 0.29) is 0 Å². The number of pyridine rings is 1. The number of fused-ring (bicyclic) bond motifs is 1. The first-order chi connectivity index (χ1) is 6.61. The van der Waals surface area contributed by atoms with Crippen LogP contribution in [0.25, 0.3) is 10.9 Å². The Morgan fingerprint density at radius 3 is 2.79 bits per heavy atom. The number of anilines is 1. The van der Waals surface area contributed by atoms with Crippen LogP contribution in [-0.2, 0) is 0 Å². The van der Waals surface area contributed by atoms with Gasteiger partial charge in [0.1, 0.15) is 0 Å². The lowest BCUT2D eigenvalue weighted by Gasteiger charge is -2.09. The van der Waals surface area contributed by atoms with Gasteiger partial charge in [-0.15, -0.1) is 0 Å². The van der Waals surface area contributed by atoms with Crippen molar-refractivity contribution in [1.29, 1.82) is 0 Å². The lowest BCUT2D eigenvalue weighted by Crippen LogP contribution is -1.94. The summed E-state index contributed by atoms with van der Waals surface area (Å²) in [6, 6.07) is 3.72. The van der Waals surface area contributed by atoms with Crippen LogP contribution < -0.4 is 5.73 Å². The van der Waals surface area contributed by atoms with E-state index in [1.807, 2.05) is 19.9 Å². The highest BCUT2D eigenvalue weighted by molar-refractivity contribution is 6.35. The van der Waals surface area contributed by atoms with E-state index in [1.54, 1.807) is 12.3 Å². The van der Waals surface area contributed by atoms with E-state index < -0.39 is 0 Å². The fraction of sp³-hybridized carbons (Fsp3) is 0.182. The average molecular weight is 207 g/mol. The zero-order chi connectivity index (χ0) is 10.3. The van der Waals surface area contributed by atoms with Gasteiger partial charge in [-0.3, -0.25) is 4.98 Å². The van der Waals surface area contributed by atoms with Crippen molar-refractivity contribution in [3.8, 4) is 0 Å². The molecule has 72 valence electrons. The van der Waals surface area contributed by atoms with Gasteiger partial charge in [0.15, 0.2) is 0 Å². The molecule has 0 aliphatic rings. The van der Waals surface area contributed by atoms with E-state index in [1.165, 1.54) is 0 Å². The van der Waals surface area contributed by atoms with Gasteiger partial charge in [-0.2, -0.15) is 0 Å². The number of aromatic nitrogens is 1. The van der Waals surface area contributed by atoms with Crippen LogP contribution in [0.5, 0.6) is 0 Å². The molecule has 2 rings (SSSR count). The van der Waals surface area contributed by atoms with Gasteiger partial charge in [-0.1, -0.05) is 11.6 Å². The lowest BCUT2D eigenvalue weighted by atomic mass is 10.0. The molecule has 1 aromatic heterocycles.